The van der Waals surface area contributed by atoms with E-state index in [2.05, 4.69) is 41.3 Å². The molecule has 0 aliphatic carbocycles. The van der Waals surface area contributed by atoms with E-state index in [1.54, 1.807) is 11.3 Å². The first-order valence-corrected chi connectivity index (χ1v) is 5.98. The van der Waals surface area contributed by atoms with Crippen molar-refractivity contribution in [1.29, 1.82) is 0 Å². The molecule has 13 heavy (non-hydrogen) atoms. The van der Waals surface area contributed by atoms with Gasteiger partial charge in [-0.15, -0.1) is 24.0 Å². The van der Waals surface area contributed by atoms with Crippen LogP contribution in [-0.4, -0.2) is 6.29 Å². The number of rotatable bonds is 1. The summed E-state index contributed by atoms with van der Waals surface area (Å²) in [6.07, 6.45) is 0.888. The molecule has 0 amide bonds. The summed E-state index contributed by atoms with van der Waals surface area (Å²) in [5, 5.41) is 2.88. The van der Waals surface area contributed by atoms with Gasteiger partial charge >= 0.3 is 0 Å². The van der Waals surface area contributed by atoms with Crippen LogP contribution < -0.4 is 0 Å². The van der Waals surface area contributed by atoms with Crippen LogP contribution in [0.4, 0.5) is 0 Å². The summed E-state index contributed by atoms with van der Waals surface area (Å²) in [4.78, 5) is 11.6. The molecule has 0 aliphatic heterocycles. The van der Waals surface area contributed by atoms with Crippen molar-refractivity contribution in [3.05, 3.63) is 26.6 Å². The fraction of sp³-hybridized carbons (Fsp3) is 0. The van der Waals surface area contributed by atoms with Crippen molar-refractivity contribution in [2.24, 2.45) is 0 Å². The summed E-state index contributed by atoms with van der Waals surface area (Å²) < 4.78 is 2.26. The smallest absolute Gasteiger partial charge is 0.151 e. The zero-order chi connectivity index (χ0) is 9.42. The maximum atomic E-state index is 10.7. The van der Waals surface area contributed by atoms with E-state index in [0.29, 0.717) is 0 Å². The van der Waals surface area contributed by atoms with E-state index in [0.717, 1.165) is 30.4 Å². The van der Waals surface area contributed by atoms with Crippen molar-refractivity contribution in [2.45, 2.75) is 4.90 Å². The summed E-state index contributed by atoms with van der Waals surface area (Å²) in [6, 6.07) is 4.00. The molecule has 0 atom stereocenters. The summed E-state index contributed by atoms with van der Waals surface area (Å²) >= 11 is 8.14. The monoisotopic (exact) mass is 320 g/mol. The highest BCUT2D eigenvalue weighted by molar-refractivity contribution is 14.1. The molecule has 0 N–H and O–H groups in total. The van der Waals surface area contributed by atoms with Crippen LogP contribution >= 0.6 is 46.6 Å². The third-order valence-corrected chi connectivity index (χ3v) is 4.45. The van der Waals surface area contributed by atoms with Gasteiger partial charge in [-0.25, -0.2) is 0 Å². The van der Waals surface area contributed by atoms with Crippen molar-refractivity contribution in [2.75, 3.05) is 0 Å². The Morgan fingerprint density at radius 1 is 1.46 bits per heavy atom. The highest BCUT2D eigenvalue weighted by Gasteiger charge is 2.05. The molecule has 0 aliphatic rings. The van der Waals surface area contributed by atoms with Gasteiger partial charge in [0.15, 0.2) is 6.29 Å². The molecule has 0 fully saturated rings. The second kappa shape index (κ2) is 3.59. The molecule has 0 spiro atoms. The Kier molecular flexibility index (Phi) is 2.62. The number of carbonyl (C=O) groups excluding carboxylic acids is 1. The van der Waals surface area contributed by atoms with E-state index in [1.807, 2.05) is 11.4 Å². The van der Waals surface area contributed by atoms with Crippen LogP contribution in [0.2, 0.25) is 0 Å². The van der Waals surface area contributed by atoms with Gasteiger partial charge < -0.3 is 0 Å². The molecule has 0 saturated carbocycles. The molecule has 1 aromatic carbocycles. The van der Waals surface area contributed by atoms with Crippen LogP contribution in [0.25, 0.3) is 10.1 Å². The number of hydrogen-bond acceptors (Lipinski definition) is 3. The Morgan fingerprint density at radius 2 is 2.23 bits per heavy atom. The lowest BCUT2D eigenvalue weighted by atomic mass is 10.2. The highest BCUT2D eigenvalue weighted by Crippen LogP contribution is 2.30. The van der Waals surface area contributed by atoms with E-state index in [1.165, 1.54) is 0 Å². The zero-order valence-electron chi connectivity index (χ0n) is 6.45. The average molecular weight is 320 g/mol. The number of thiol groups is 1. The lowest BCUT2D eigenvalue weighted by Gasteiger charge is -1.97. The molecule has 2 aromatic rings. The Bertz CT molecular complexity index is 476. The van der Waals surface area contributed by atoms with E-state index >= 15 is 0 Å². The molecule has 0 saturated heterocycles. The molecular formula is C9H5IOS2. The largest absolute Gasteiger partial charge is 0.298 e. The van der Waals surface area contributed by atoms with Gasteiger partial charge in [0, 0.05) is 29.5 Å². The van der Waals surface area contributed by atoms with Gasteiger partial charge in [0.25, 0.3) is 0 Å². The van der Waals surface area contributed by atoms with Gasteiger partial charge in [-0.1, -0.05) is 0 Å². The quantitative estimate of drug-likeness (QED) is 0.483. The lowest BCUT2D eigenvalue weighted by Crippen LogP contribution is -1.78. The SMILES string of the molecule is O=Cc1csc2cc(I)c(S)cc12. The van der Waals surface area contributed by atoms with Crippen molar-refractivity contribution in [1.82, 2.24) is 0 Å². The van der Waals surface area contributed by atoms with Gasteiger partial charge in [0.1, 0.15) is 0 Å². The van der Waals surface area contributed by atoms with Gasteiger partial charge in [0.2, 0.25) is 0 Å². The van der Waals surface area contributed by atoms with Crippen LogP contribution in [0.3, 0.4) is 0 Å². The average Bonchev–Trinajstić information content (AvgIpc) is 2.48. The van der Waals surface area contributed by atoms with Gasteiger partial charge in [-0.05, 0) is 34.7 Å². The summed E-state index contributed by atoms with van der Waals surface area (Å²) in [7, 11) is 0. The second-order valence-electron chi connectivity index (χ2n) is 2.61. The fourth-order valence-electron chi connectivity index (χ4n) is 1.15. The molecule has 1 heterocycles. The standard InChI is InChI=1S/C9H5IOS2/c10-7-2-9-6(1-8(7)12)5(3-11)4-13-9/h1-4,12H. The molecule has 66 valence electrons. The van der Waals surface area contributed by atoms with Gasteiger partial charge in [-0.3, -0.25) is 4.79 Å². The van der Waals surface area contributed by atoms with Crippen LogP contribution in [0.1, 0.15) is 10.4 Å². The Balaban J connectivity index is 2.84. The van der Waals surface area contributed by atoms with Crippen molar-refractivity contribution in [3.63, 3.8) is 0 Å². The van der Waals surface area contributed by atoms with Crippen LogP contribution in [-0.2, 0) is 0 Å². The van der Waals surface area contributed by atoms with Gasteiger partial charge in [-0.2, -0.15) is 0 Å². The Labute approximate surface area is 98.7 Å². The Morgan fingerprint density at radius 3 is 2.92 bits per heavy atom. The molecule has 0 bridgehead atoms. The Hall–Kier alpha value is -0.0700. The molecule has 2 rings (SSSR count). The third kappa shape index (κ3) is 1.62. The van der Waals surface area contributed by atoms with E-state index in [4.69, 9.17) is 0 Å². The predicted molar refractivity (Wildman–Crippen MR) is 67.2 cm³/mol. The van der Waals surface area contributed by atoms with Crippen LogP contribution in [0.15, 0.2) is 22.4 Å². The third-order valence-electron chi connectivity index (χ3n) is 1.80. The highest BCUT2D eigenvalue weighted by atomic mass is 127. The lowest BCUT2D eigenvalue weighted by molar-refractivity contribution is 0.112. The van der Waals surface area contributed by atoms with Crippen molar-refractivity contribution >= 4 is 62.9 Å². The number of aldehydes is 1. The number of halogens is 1. The normalized spacial score (nSPS) is 10.6. The maximum Gasteiger partial charge on any atom is 0.151 e. The number of benzene rings is 1. The molecule has 1 aromatic heterocycles. The van der Waals surface area contributed by atoms with Gasteiger partial charge in [0.05, 0.1) is 0 Å². The summed E-state index contributed by atoms with van der Waals surface area (Å²) in [5.41, 5.74) is 0.756. The number of fused-ring (bicyclic) bond motifs is 1. The van der Waals surface area contributed by atoms with E-state index < -0.39 is 0 Å². The topological polar surface area (TPSA) is 17.1 Å². The molecule has 0 unspecified atom stereocenters. The van der Waals surface area contributed by atoms with Crippen molar-refractivity contribution < 1.29 is 4.79 Å². The second-order valence-corrected chi connectivity index (χ2v) is 5.16. The summed E-state index contributed by atoms with van der Waals surface area (Å²) in [5.74, 6) is 0. The van der Waals surface area contributed by atoms with Crippen LogP contribution in [0, 0.1) is 3.57 Å². The maximum absolute atomic E-state index is 10.7. The fourth-order valence-corrected chi connectivity index (χ4v) is 2.95. The van der Waals surface area contributed by atoms with E-state index in [-0.39, 0.29) is 0 Å². The molecule has 0 radical (unpaired) electrons. The molecule has 4 heteroatoms. The molecular weight excluding hydrogens is 315 g/mol. The van der Waals surface area contributed by atoms with E-state index in [9.17, 15) is 4.79 Å². The summed E-state index contributed by atoms with van der Waals surface area (Å²) in [6.45, 7) is 0. The number of hydrogen-bond donors (Lipinski definition) is 1. The first-order valence-electron chi connectivity index (χ1n) is 3.57. The minimum Gasteiger partial charge on any atom is -0.298 e. The zero-order valence-corrected chi connectivity index (χ0v) is 10.3. The first kappa shape index (κ1) is 9.48. The number of thiophene rings is 1. The molecule has 1 nitrogen and oxygen atoms in total. The number of carbonyl (C=O) groups is 1. The minimum atomic E-state index is 0.756. The van der Waals surface area contributed by atoms with Crippen molar-refractivity contribution in [3.8, 4) is 0 Å². The minimum absolute atomic E-state index is 0.756. The van der Waals surface area contributed by atoms with Crippen LogP contribution in [0.5, 0.6) is 0 Å². The first-order chi connectivity index (χ1) is 6.22. The predicted octanol–water partition coefficient (Wildman–Crippen LogP) is 3.61.